The molecule has 19 heavy (non-hydrogen) atoms. The molecule has 0 aliphatic rings. The number of rotatable bonds is 7. The van der Waals surface area contributed by atoms with Gasteiger partial charge in [-0.25, -0.2) is 4.98 Å². The van der Waals surface area contributed by atoms with Crippen LogP contribution in [0.3, 0.4) is 0 Å². The van der Waals surface area contributed by atoms with Gasteiger partial charge >= 0.3 is 0 Å². The number of nitrogens with zero attached hydrogens (tertiary/aromatic N) is 1. The zero-order chi connectivity index (χ0) is 13.5. The molecular formula is C14H18N2O2S. The SMILES string of the molecule is CCNCc1ccc(OC)c(OCc2nccs2)c1. The van der Waals surface area contributed by atoms with E-state index in [1.165, 1.54) is 5.56 Å². The van der Waals surface area contributed by atoms with Crippen molar-refractivity contribution < 1.29 is 9.47 Å². The monoisotopic (exact) mass is 278 g/mol. The van der Waals surface area contributed by atoms with Crippen LogP contribution < -0.4 is 14.8 Å². The van der Waals surface area contributed by atoms with Gasteiger partial charge < -0.3 is 14.8 Å². The molecule has 0 aliphatic carbocycles. The van der Waals surface area contributed by atoms with Crippen LogP contribution in [0.15, 0.2) is 29.8 Å². The lowest BCUT2D eigenvalue weighted by molar-refractivity contribution is 0.283. The molecule has 0 spiro atoms. The van der Waals surface area contributed by atoms with Crippen LogP contribution in [0.25, 0.3) is 0 Å². The largest absolute Gasteiger partial charge is 0.493 e. The third-order valence-electron chi connectivity index (χ3n) is 2.64. The molecule has 1 aromatic heterocycles. The van der Waals surface area contributed by atoms with Crippen molar-refractivity contribution in [3.63, 3.8) is 0 Å². The van der Waals surface area contributed by atoms with Gasteiger partial charge in [-0.2, -0.15) is 0 Å². The molecule has 1 heterocycles. The summed E-state index contributed by atoms with van der Waals surface area (Å²) in [5.41, 5.74) is 1.18. The Morgan fingerprint density at radius 3 is 2.89 bits per heavy atom. The minimum atomic E-state index is 0.471. The molecule has 0 radical (unpaired) electrons. The number of hydrogen-bond acceptors (Lipinski definition) is 5. The lowest BCUT2D eigenvalue weighted by Crippen LogP contribution is -2.11. The number of nitrogens with one attached hydrogen (secondary N) is 1. The lowest BCUT2D eigenvalue weighted by atomic mass is 10.2. The van der Waals surface area contributed by atoms with Crippen LogP contribution in [0.2, 0.25) is 0 Å². The van der Waals surface area contributed by atoms with E-state index in [0.29, 0.717) is 6.61 Å². The van der Waals surface area contributed by atoms with Crippen molar-refractivity contribution in [2.24, 2.45) is 0 Å². The maximum absolute atomic E-state index is 5.79. The lowest BCUT2D eigenvalue weighted by Gasteiger charge is -2.11. The molecular weight excluding hydrogens is 260 g/mol. The fourth-order valence-corrected chi connectivity index (χ4v) is 2.20. The second-order valence-electron chi connectivity index (χ2n) is 3.98. The maximum atomic E-state index is 5.79. The highest BCUT2D eigenvalue weighted by Gasteiger charge is 2.07. The van der Waals surface area contributed by atoms with Crippen LogP contribution in [-0.2, 0) is 13.2 Å². The zero-order valence-corrected chi connectivity index (χ0v) is 12.0. The highest BCUT2D eigenvalue weighted by Crippen LogP contribution is 2.29. The van der Waals surface area contributed by atoms with Gasteiger partial charge in [0.25, 0.3) is 0 Å². The molecule has 5 heteroatoms. The number of ether oxygens (including phenoxy) is 2. The van der Waals surface area contributed by atoms with E-state index >= 15 is 0 Å². The van der Waals surface area contributed by atoms with E-state index in [-0.39, 0.29) is 0 Å². The highest BCUT2D eigenvalue weighted by molar-refractivity contribution is 7.09. The molecule has 102 valence electrons. The molecule has 0 amide bonds. The first kappa shape index (κ1) is 13.8. The minimum Gasteiger partial charge on any atom is -0.493 e. The van der Waals surface area contributed by atoms with Gasteiger partial charge in [-0.05, 0) is 24.2 Å². The van der Waals surface area contributed by atoms with Crippen molar-refractivity contribution >= 4 is 11.3 Å². The smallest absolute Gasteiger partial charge is 0.162 e. The van der Waals surface area contributed by atoms with Crippen molar-refractivity contribution in [1.82, 2.24) is 10.3 Å². The first-order valence-electron chi connectivity index (χ1n) is 6.22. The summed E-state index contributed by atoms with van der Waals surface area (Å²) < 4.78 is 11.1. The van der Waals surface area contributed by atoms with E-state index in [1.807, 2.05) is 23.6 Å². The van der Waals surface area contributed by atoms with E-state index < -0.39 is 0 Å². The summed E-state index contributed by atoms with van der Waals surface area (Å²) in [6.45, 7) is 4.33. The molecule has 1 N–H and O–H groups in total. The molecule has 0 atom stereocenters. The Balaban J connectivity index is 2.07. The summed E-state index contributed by atoms with van der Waals surface area (Å²) in [6, 6.07) is 5.98. The van der Waals surface area contributed by atoms with Crippen LogP contribution >= 0.6 is 11.3 Å². The predicted octanol–water partition coefficient (Wildman–Crippen LogP) is 2.84. The molecule has 0 unspecified atom stereocenters. The Bertz CT molecular complexity index is 500. The van der Waals surface area contributed by atoms with Gasteiger partial charge in [-0.15, -0.1) is 11.3 Å². The molecule has 0 fully saturated rings. The quantitative estimate of drug-likeness (QED) is 0.846. The maximum Gasteiger partial charge on any atom is 0.162 e. The molecule has 1 aromatic carbocycles. The first-order valence-corrected chi connectivity index (χ1v) is 7.10. The van der Waals surface area contributed by atoms with Gasteiger partial charge in [0, 0.05) is 18.1 Å². The summed E-state index contributed by atoms with van der Waals surface area (Å²) in [4.78, 5) is 4.20. The van der Waals surface area contributed by atoms with Gasteiger partial charge in [-0.1, -0.05) is 13.0 Å². The van der Waals surface area contributed by atoms with Gasteiger partial charge in [0.15, 0.2) is 11.5 Å². The normalized spacial score (nSPS) is 10.4. The number of aromatic nitrogens is 1. The fourth-order valence-electron chi connectivity index (χ4n) is 1.68. The Morgan fingerprint density at radius 1 is 1.32 bits per heavy atom. The van der Waals surface area contributed by atoms with E-state index in [1.54, 1.807) is 24.6 Å². The summed E-state index contributed by atoms with van der Waals surface area (Å²) in [7, 11) is 1.65. The van der Waals surface area contributed by atoms with Gasteiger partial charge in [0.1, 0.15) is 11.6 Å². The van der Waals surface area contributed by atoms with Crippen LogP contribution in [0.5, 0.6) is 11.5 Å². The van der Waals surface area contributed by atoms with Crippen LogP contribution in [0.1, 0.15) is 17.5 Å². The topological polar surface area (TPSA) is 43.4 Å². The molecule has 2 rings (SSSR count). The molecule has 0 aliphatic heterocycles. The van der Waals surface area contributed by atoms with E-state index in [4.69, 9.17) is 9.47 Å². The van der Waals surface area contributed by atoms with Crippen LogP contribution in [0.4, 0.5) is 0 Å². The number of methoxy groups -OCH3 is 1. The molecule has 0 saturated carbocycles. The Kier molecular flexibility index (Phi) is 5.18. The third-order valence-corrected chi connectivity index (χ3v) is 3.39. The molecule has 4 nitrogen and oxygen atoms in total. The third kappa shape index (κ3) is 3.94. The van der Waals surface area contributed by atoms with Gasteiger partial charge in [0.2, 0.25) is 0 Å². The Hall–Kier alpha value is -1.59. The second-order valence-corrected chi connectivity index (χ2v) is 4.96. The van der Waals surface area contributed by atoms with Gasteiger partial charge in [0.05, 0.1) is 7.11 Å². The average Bonchev–Trinajstić information content (AvgIpc) is 2.96. The van der Waals surface area contributed by atoms with Crippen molar-refractivity contribution in [3.8, 4) is 11.5 Å². The summed E-state index contributed by atoms with van der Waals surface area (Å²) in [5, 5.41) is 6.19. The van der Waals surface area contributed by atoms with E-state index in [2.05, 4.69) is 17.2 Å². The number of benzene rings is 1. The zero-order valence-electron chi connectivity index (χ0n) is 11.2. The number of thiazole rings is 1. The Labute approximate surface area is 117 Å². The molecule has 2 aromatic rings. The second kappa shape index (κ2) is 7.11. The Morgan fingerprint density at radius 2 is 2.21 bits per heavy atom. The summed E-state index contributed by atoms with van der Waals surface area (Å²) in [5.74, 6) is 1.50. The summed E-state index contributed by atoms with van der Waals surface area (Å²) >= 11 is 1.58. The predicted molar refractivity (Wildman–Crippen MR) is 76.8 cm³/mol. The van der Waals surface area contributed by atoms with Gasteiger partial charge in [-0.3, -0.25) is 0 Å². The first-order chi connectivity index (χ1) is 9.33. The number of hydrogen-bond donors (Lipinski definition) is 1. The summed E-state index contributed by atoms with van der Waals surface area (Å²) in [6.07, 6.45) is 1.78. The van der Waals surface area contributed by atoms with Crippen LogP contribution in [0, 0.1) is 0 Å². The van der Waals surface area contributed by atoms with E-state index in [0.717, 1.165) is 29.6 Å². The minimum absolute atomic E-state index is 0.471. The molecule has 0 saturated heterocycles. The standard InChI is InChI=1S/C14H18N2O2S/c1-3-15-9-11-4-5-12(17-2)13(8-11)18-10-14-16-6-7-19-14/h4-8,15H,3,9-10H2,1-2H3. The van der Waals surface area contributed by atoms with Crippen LogP contribution in [-0.4, -0.2) is 18.6 Å². The van der Waals surface area contributed by atoms with E-state index in [9.17, 15) is 0 Å². The van der Waals surface area contributed by atoms with Crippen molar-refractivity contribution in [1.29, 1.82) is 0 Å². The average molecular weight is 278 g/mol. The highest BCUT2D eigenvalue weighted by atomic mass is 32.1. The van der Waals surface area contributed by atoms with Crippen molar-refractivity contribution in [2.75, 3.05) is 13.7 Å². The fraction of sp³-hybridized carbons (Fsp3) is 0.357. The van der Waals surface area contributed by atoms with Crippen molar-refractivity contribution in [3.05, 3.63) is 40.3 Å². The van der Waals surface area contributed by atoms with Crippen molar-refractivity contribution in [2.45, 2.75) is 20.1 Å². The molecule has 0 bridgehead atoms.